The molecule has 11 amide bonds. The molecule has 4 saturated heterocycles. The Hall–Kier alpha value is -7.65. The molecule has 131 heavy (non-hydrogen) atoms. The molecule has 0 aromatic carbocycles. The van der Waals surface area contributed by atoms with Gasteiger partial charge in [0.1, 0.15) is 155 Å². The maximum Gasteiger partial charge on any atom is 0.246 e. The molecule has 0 radical (unpaired) electrons. The molecule has 49 heteroatoms. The van der Waals surface area contributed by atoms with E-state index in [0.717, 1.165) is 31.9 Å². The van der Waals surface area contributed by atoms with Gasteiger partial charge in [0.2, 0.25) is 65.0 Å². The fourth-order valence-electron chi connectivity index (χ4n) is 14.2. The van der Waals surface area contributed by atoms with E-state index in [2.05, 4.69) is 70.6 Å². The predicted octanol–water partition coefficient (Wildman–Crippen LogP) is -10.1. The molecule has 0 bridgehead atoms. The van der Waals surface area contributed by atoms with E-state index in [-0.39, 0.29) is 141 Å². The number of carbonyl (C=O) groups excluding carboxylic acids is 12. The number of hydrogen-bond donors (Lipinski definition) is 28. The number of primary amides is 1. The topological polar surface area (TPSA) is 773 Å². The summed E-state index contributed by atoms with van der Waals surface area (Å²) >= 11 is 0. The second-order valence-corrected chi connectivity index (χ2v) is 32.7. The van der Waals surface area contributed by atoms with Crippen LogP contribution in [0.2, 0.25) is 0 Å². The molecule has 0 unspecified atom stereocenters. The second kappa shape index (κ2) is 65.9. The van der Waals surface area contributed by atoms with E-state index in [1.54, 1.807) is 0 Å². The Kier molecular flexibility index (Phi) is 58.2. The van der Waals surface area contributed by atoms with Crippen LogP contribution in [0.25, 0.3) is 0 Å². The van der Waals surface area contributed by atoms with Gasteiger partial charge in [-0.3, -0.25) is 57.5 Å². The SMILES string of the molecule is CCCCCCCCCCCCCCCC(=O)NCCCC(=O)/C=N/NCC(=O)NCCCC[C@H](NC(=O)[C@H](CCCCNC(=O)[C@H](CCCCNC(=O)CO[C@H]1O[C@H](CO)[C@H](O)[C@H](O)[C@H]1O)NC(=O)CO[C@H]1O[C@H](CO)[C@H](O)[C@H](O)[C@H]1O)NC(=O)[C@H](CCCCNC(=O)CO[C@H]1O[C@H](CO)[C@H](O)[C@H](O)[C@H]1O)NC(=O)CO[C@H]1O[C@H](CO)[C@H](O)[C@H](O)[C@H]1O)C(=O)NCCC(N)=O. The van der Waals surface area contributed by atoms with Crippen molar-refractivity contribution in [3.8, 4) is 0 Å². The van der Waals surface area contributed by atoms with E-state index >= 15 is 0 Å². The third-order valence-electron chi connectivity index (χ3n) is 22.1. The number of aliphatic hydroxyl groups excluding tert-OH is 16. The van der Waals surface area contributed by atoms with Crippen LogP contribution in [0, 0.1) is 0 Å². The van der Waals surface area contributed by atoms with Crippen LogP contribution in [-0.4, -0.2) is 404 Å². The number of hydrogen-bond acceptors (Lipinski definition) is 38. The van der Waals surface area contributed by atoms with Crippen LogP contribution < -0.4 is 64.3 Å². The largest absolute Gasteiger partial charge is 0.394 e. The first kappa shape index (κ1) is 116. The number of hydrazone groups is 1. The minimum absolute atomic E-state index is 0.0187. The number of rotatable bonds is 69. The summed E-state index contributed by atoms with van der Waals surface area (Å²) in [7, 11) is 0. The Balaban J connectivity index is 1.50. The van der Waals surface area contributed by atoms with Crippen LogP contribution in [0.1, 0.15) is 193 Å². The molecule has 24 atom stereocenters. The highest BCUT2D eigenvalue weighted by Gasteiger charge is 2.48. The first-order valence-corrected chi connectivity index (χ1v) is 45.3. The highest BCUT2D eigenvalue weighted by atomic mass is 16.7. The molecular weight excluding hydrogens is 1740 g/mol. The molecular formula is C82H145N13O36. The third kappa shape index (κ3) is 44.6. The van der Waals surface area contributed by atoms with Gasteiger partial charge >= 0.3 is 0 Å². The molecule has 4 rings (SSSR count). The number of aliphatic hydroxyl groups is 16. The summed E-state index contributed by atoms with van der Waals surface area (Å²) in [4.78, 5) is 160. The van der Waals surface area contributed by atoms with Crippen molar-refractivity contribution in [3.05, 3.63) is 0 Å². The lowest BCUT2D eigenvalue weighted by Gasteiger charge is -2.39. The first-order chi connectivity index (χ1) is 62.7. The summed E-state index contributed by atoms with van der Waals surface area (Å²) in [5.74, 6) is -9.12. The Labute approximate surface area is 759 Å². The predicted molar refractivity (Wildman–Crippen MR) is 455 cm³/mol. The Morgan fingerprint density at radius 1 is 0.313 bits per heavy atom. The molecule has 4 aliphatic rings. The van der Waals surface area contributed by atoms with Gasteiger partial charge in [0.25, 0.3) is 0 Å². The number of ether oxygens (including phenoxy) is 8. The van der Waals surface area contributed by atoms with Gasteiger partial charge in [0, 0.05) is 58.5 Å². The smallest absolute Gasteiger partial charge is 0.246 e. The molecule has 49 nitrogen and oxygen atoms in total. The Bertz CT molecular complexity index is 3380. The van der Waals surface area contributed by atoms with Gasteiger partial charge in [-0.25, -0.2) is 0 Å². The van der Waals surface area contributed by atoms with Gasteiger partial charge in [0.15, 0.2) is 30.9 Å². The number of ketones is 1. The first-order valence-electron chi connectivity index (χ1n) is 45.3. The van der Waals surface area contributed by atoms with Gasteiger partial charge in [-0.15, -0.1) is 0 Å². The zero-order valence-corrected chi connectivity index (χ0v) is 74.4. The van der Waals surface area contributed by atoms with E-state index in [1.807, 2.05) is 0 Å². The van der Waals surface area contributed by atoms with Crippen LogP contribution in [0.3, 0.4) is 0 Å². The van der Waals surface area contributed by atoms with Crippen LogP contribution in [-0.2, 0) is 95.4 Å². The normalized spacial score (nSPS) is 26.4. The summed E-state index contributed by atoms with van der Waals surface area (Å²) in [5, 5.41) is 192. The van der Waals surface area contributed by atoms with E-state index in [4.69, 9.17) is 43.6 Å². The van der Waals surface area contributed by atoms with Gasteiger partial charge < -0.3 is 184 Å². The lowest BCUT2D eigenvalue weighted by Crippen LogP contribution is -2.59. The van der Waals surface area contributed by atoms with Crippen molar-refractivity contribution < 1.29 is 177 Å². The summed E-state index contributed by atoms with van der Waals surface area (Å²) in [5.41, 5.74) is 7.85. The molecule has 0 spiro atoms. The lowest BCUT2D eigenvalue weighted by molar-refractivity contribution is -0.299. The lowest BCUT2D eigenvalue weighted by atomic mass is 9.99. The second-order valence-electron chi connectivity index (χ2n) is 32.7. The summed E-state index contributed by atoms with van der Waals surface area (Å²) in [6.45, 7) is -5.23. The highest BCUT2D eigenvalue weighted by Crippen LogP contribution is 2.27. The van der Waals surface area contributed by atoms with Crippen molar-refractivity contribution in [2.24, 2.45) is 10.8 Å². The van der Waals surface area contributed by atoms with Crippen LogP contribution in [0.4, 0.5) is 0 Å². The minimum Gasteiger partial charge on any atom is -0.394 e. The van der Waals surface area contributed by atoms with Crippen molar-refractivity contribution >= 4 is 77.0 Å². The monoisotopic (exact) mass is 1890 g/mol. The molecule has 0 aromatic rings. The summed E-state index contributed by atoms with van der Waals surface area (Å²) in [6.07, 6.45) is -17.8. The number of carbonyl (C=O) groups is 12. The molecule has 0 aromatic heterocycles. The van der Waals surface area contributed by atoms with E-state index < -0.39 is 259 Å². The van der Waals surface area contributed by atoms with Gasteiger partial charge in [-0.2, -0.15) is 5.10 Å². The maximum absolute atomic E-state index is 14.9. The molecule has 0 aliphatic carbocycles. The number of unbranched alkanes of at least 4 members (excludes halogenated alkanes) is 16. The molecule has 0 saturated carbocycles. The number of nitrogens with zero attached hydrogens (tertiary/aromatic N) is 1. The van der Waals surface area contributed by atoms with Crippen molar-refractivity contribution in [2.45, 2.75) is 340 Å². The molecule has 4 heterocycles. The number of amides is 11. The van der Waals surface area contributed by atoms with Gasteiger partial charge in [0.05, 0.1) is 32.6 Å². The Morgan fingerprint density at radius 2 is 0.611 bits per heavy atom. The zero-order valence-electron chi connectivity index (χ0n) is 74.4. The van der Waals surface area contributed by atoms with Crippen LogP contribution >= 0.6 is 0 Å². The van der Waals surface area contributed by atoms with Crippen molar-refractivity contribution in [3.63, 3.8) is 0 Å². The minimum atomic E-state index is -1.97. The van der Waals surface area contributed by atoms with E-state index in [1.165, 1.54) is 57.8 Å². The number of Topliss-reactive ketones (excluding diaryl/α,β-unsaturated/α-hetero) is 1. The molecule has 4 aliphatic heterocycles. The molecule has 4 fully saturated rings. The van der Waals surface area contributed by atoms with E-state index in [0.29, 0.717) is 19.4 Å². The zero-order chi connectivity index (χ0) is 96.7. The quantitative estimate of drug-likeness (QED) is 0.0153. The molecule has 29 N–H and O–H groups in total. The van der Waals surface area contributed by atoms with Crippen molar-refractivity contribution in [2.75, 3.05) is 98.7 Å². The summed E-state index contributed by atoms with van der Waals surface area (Å²) in [6, 6.07) is -6.12. The number of nitrogens with one attached hydrogen (secondary N) is 11. The standard InChI is InChI=1S/C82H145N13O36/c1-2-3-4-5-6-7-8-9-10-11-12-13-14-29-57(102)84-35-23-24-47(100)37-90-91-38-58(103)85-31-19-16-26-49(76(121)89-36-30-56(83)101)94-78(123)51(95-77(122)50(93-62(107)46-127-82-74(119)70(115)66(111)55(42-99)131-82)27-17-21-33-87-60(105)44-125-80-72(117)68(113)64(109)53(40-97)129-80)28-18-22-34-88-75(120)48(92-61(106)45-126-81-73(118)69(114)65(110)54(41-98)130-81)25-15-20-32-86-59(104)43-124-79-71(116)67(112)63(108)52(39-96)128-79/h37,48-55,63-74,79-82,91,96-99,108-119H,2-36,38-46H2,1H3,(H2,83,101)(H,84,102)(H,85,103)(H,86,104)(H,87,105)(H,88,120)(H,89,121)(H,92,106)(H,93,107)(H,94,123)(H,95,122)/b90-37+/t48-,49-,50-,51-,52+,53+,54+,55+,63-,64-,65-,66-,67-,68-,69-,70-,71+,72+,73+,74+,79-,80-,81-,82-/m0/s1. The van der Waals surface area contributed by atoms with Gasteiger partial charge in [-0.05, 0) is 89.9 Å². The average Bonchev–Trinajstić information content (AvgIpc) is 0.832. The maximum atomic E-state index is 14.9. The van der Waals surface area contributed by atoms with Crippen molar-refractivity contribution in [1.82, 2.24) is 58.6 Å². The fourth-order valence-corrected chi connectivity index (χ4v) is 14.2. The highest BCUT2D eigenvalue weighted by molar-refractivity contribution is 6.27. The molecule has 754 valence electrons. The van der Waals surface area contributed by atoms with E-state index in [9.17, 15) is 139 Å². The van der Waals surface area contributed by atoms with Gasteiger partial charge in [-0.1, -0.05) is 84.0 Å². The average molecular weight is 1890 g/mol. The van der Waals surface area contributed by atoms with Crippen molar-refractivity contribution in [1.29, 1.82) is 0 Å². The van der Waals surface area contributed by atoms with Crippen LogP contribution in [0.5, 0.6) is 0 Å². The number of nitrogens with two attached hydrogens (primary N) is 1. The Morgan fingerprint density at radius 3 is 0.969 bits per heavy atom. The summed E-state index contributed by atoms with van der Waals surface area (Å²) < 4.78 is 42.6. The third-order valence-corrected chi connectivity index (χ3v) is 22.1. The fraction of sp³-hybridized carbons (Fsp3) is 0.841. The van der Waals surface area contributed by atoms with Crippen LogP contribution in [0.15, 0.2) is 5.10 Å².